The number of aromatic nitrogens is 2. The molecule has 7 heteroatoms. The highest BCUT2D eigenvalue weighted by molar-refractivity contribution is 6.32. The number of hydrogen-bond donors (Lipinski definition) is 3. The van der Waals surface area contributed by atoms with E-state index in [-0.39, 0.29) is 0 Å². The molecule has 3 heterocycles. The van der Waals surface area contributed by atoms with Crippen molar-refractivity contribution in [3.8, 4) is 0 Å². The number of halogens is 1. The quantitative estimate of drug-likeness (QED) is 0.765. The van der Waals surface area contributed by atoms with E-state index in [0.29, 0.717) is 17.6 Å². The zero-order chi connectivity index (χ0) is 17.9. The Kier molecular flexibility index (Phi) is 4.95. The van der Waals surface area contributed by atoms with Gasteiger partial charge in [0.25, 0.3) is 0 Å². The van der Waals surface area contributed by atoms with Crippen molar-refractivity contribution in [1.82, 2.24) is 30.8 Å². The van der Waals surface area contributed by atoms with Gasteiger partial charge in [0.1, 0.15) is 0 Å². The highest BCUT2D eigenvalue weighted by atomic mass is 35.5. The van der Waals surface area contributed by atoms with Gasteiger partial charge >= 0.3 is 0 Å². The van der Waals surface area contributed by atoms with E-state index >= 15 is 0 Å². The van der Waals surface area contributed by atoms with Crippen LogP contribution in [0.3, 0.4) is 0 Å². The van der Waals surface area contributed by atoms with Crippen LogP contribution in [-0.2, 0) is 6.54 Å². The number of benzene rings is 1. The van der Waals surface area contributed by atoms with Gasteiger partial charge in [-0.3, -0.25) is 9.97 Å². The predicted octanol–water partition coefficient (Wildman–Crippen LogP) is 1.99. The summed E-state index contributed by atoms with van der Waals surface area (Å²) in [7, 11) is 0. The van der Waals surface area contributed by atoms with Crippen molar-refractivity contribution in [2.75, 3.05) is 26.2 Å². The van der Waals surface area contributed by atoms with E-state index in [2.05, 4.69) is 50.0 Å². The molecule has 26 heavy (non-hydrogen) atoms. The van der Waals surface area contributed by atoms with Crippen LogP contribution < -0.4 is 16.0 Å². The van der Waals surface area contributed by atoms with Gasteiger partial charge in [-0.1, -0.05) is 11.6 Å². The molecule has 0 saturated carbocycles. The van der Waals surface area contributed by atoms with Crippen LogP contribution in [0, 0.1) is 0 Å². The minimum Gasteiger partial charge on any atom is -0.386 e. The van der Waals surface area contributed by atoms with E-state index in [4.69, 9.17) is 11.6 Å². The van der Waals surface area contributed by atoms with E-state index in [1.54, 1.807) is 12.4 Å². The minimum atomic E-state index is 0.495. The molecule has 136 valence electrons. The lowest BCUT2D eigenvalue weighted by Gasteiger charge is -2.37. The first-order valence-electron chi connectivity index (χ1n) is 8.96. The van der Waals surface area contributed by atoms with Gasteiger partial charge in [-0.2, -0.15) is 0 Å². The fourth-order valence-electron chi connectivity index (χ4n) is 3.45. The topological polar surface area (TPSA) is 65.1 Å². The smallest absolute Gasteiger partial charge is 0.0901 e. The second-order valence-electron chi connectivity index (χ2n) is 6.70. The van der Waals surface area contributed by atoms with Crippen molar-refractivity contribution in [2.45, 2.75) is 19.5 Å². The summed E-state index contributed by atoms with van der Waals surface area (Å²) in [6.07, 6.45) is 7.68. The Balaban J connectivity index is 1.50. The molecule has 1 aromatic heterocycles. The number of fused-ring (bicyclic) bond motifs is 1. The van der Waals surface area contributed by atoms with E-state index in [9.17, 15) is 0 Å². The van der Waals surface area contributed by atoms with Gasteiger partial charge in [-0.15, -0.1) is 0 Å². The van der Waals surface area contributed by atoms with E-state index < -0.39 is 0 Å². The molecular weight excluding hydrogens is 348 g/mol. The SMILES string of the molecule is CC1CN(C2=CCNC=C2NCc2cc3nccnc3cc2Cl)CCN1. The van der Waals surface area contributed by atoms with Crippen molar-refractivity contribution < 1.29 is 0 Å². The van der Waals surface area contributed by atoms with Gasteiger partial charge < -0.3 is 20.9 Å². The summed E-state index contributed by atoms with van der Waals surface area (Å²) >= 11 is 6.45. The molecule has 1 fully saturated rings. The lowest BCUT2D eigenvalue weighted by Crippen LogP contribution is -2.49. The number of nitrogens with one attached hydrogen (secondary N) is 3. The van der Waals surface area contributed by atoms with E-state index in [1.165, 1.54) is 5.70 Å². The zero-order valence-electron chi connectivity index (χ0n) is 14.8. The van der Waals surface area contributed by atoms with Crippen LogP contribution in [0.1, 0.15) is 12.5 Å². The second-order valence-corrected chi connectivity index (χ2v) is 7.11. The van der Waals surface area contributed by atoms with Crippen molar-refractivity contribution in [3.05, 3.63) is 58.8 Å². The number of nitrogens with zero attached hydrogens (tertiary/aromatic N) is 3. The van der Waals surface area contributed by atoms with Gasteiger partial charge in [0, 0.05) is 62.4 Å². The summed E-state index contributed by atoms with van der Waals surface area (Å²) < 4.78 is 0. The monoisotopic (exact) mass is 370 g/mol. The molecule has 6 nitrogen and oxygen atoms in total. The minimum absolute atomic E-state index is 0.495. The number of rotatable bonds is 4. The van der Waals surface area contributed by atoms with Crippen molar-refractivity contribution >= 4 is 22.6 Å². The summed E-state index contributed by atoms with van der Waals surface area (Å²) in [5.41, 5.74) is 5.04. The molecule has 0 aliphatic carbocycles. The Morgan fingerprint density at radius 2 is 2.08 bits per heavy atom. The number of hydrogen-bond acceptors (Lipinski definition) is 6. The number of dihydropyridines is 1. The first-order chi connectivity index (χ1) is 12.7. The fourth-order valence-corrected chi connectivity index (χ4v) is 3.67. The van der Waals surface area contributed by atoms with Gasteiger partial charge in [0.2, 0.25) is 0 Å². The van der Waals surface area contributed by atoms with Crippen LogP contribution in [-0.4, -0.2) is 47.1 Å². The number of piperazine rings is 1. The lowest BCUT2D eigenvalue weighted by atomic mass is 10.1. The molecule has 0 spiro atoms. The van der Waals surface area contributed by atoms with Crippen molar-refractivity contribution in [1.29, 1.82) is 0 Å². The molecule has 1 aromatic carbocycles. The average molecular weight is 371 g/mol. The van der Waals surface area contributed by atoms with Crippen LogP contribution in [0.4, 0.5) is 0 Å². The third-order valence-corrected chi connectivity index (χ3v) is 5.10. The van der Waals surface area contributed by atoms with Crippen molar-refractivity contribution in [3.63, 3.8) is 0 Å². The third kappa shape index (κ3) is 3.61. The predicted molar refractivity (Wildman–Crippen MR) is 105 cm³/mol. The largest absolute Gasteiger partial charge is 0.386 e. The van der Waals surface area contributed by atoms with Crippen molar-refractivity contribution in [2.24, 2.45) is 0 Å². The molecule has 0 bridgehead atoms. The molecule has 2 aliphatic heterocycles. The van der Waals surface area contributed by atoms with Crippen LogP contribution in [0.25, 0.3) is 11.0 Å². The molecule has 2 aromatic rings. The molecule has 2 aliphatic rings. The maximum atomic E-state index is 6.45. The highest BCUT2D eigenvalue weighted by Crippen LogP contribution is 2.23. The maximum absolute atomic E-state index is 6.45. The summed E-state index contributed by atoms with van der Waals surface area (Å²) in [6.45, 7) is 6.75. The summed E-state index contributed by atoms with van der Waals surface area (Å²) in [4.78, 5) is 11.1. The average Bonchev–Trinajstić information content (AvgIpc) is 2.66. The highest BCUT2D eigenvalue weighted by Gasteiger charge is 2.21. The molecule has 1 atom stereocenters. The Labute approximate surface area is 158 Å². The molecule has 0 radical (unpaired) electrons. The summed E-state index contributed by atoms with van der Waals surface area (Å²) in [5, 5.41) is 11.0. The standard InChI is InChI=1S/C19H23ClN6/c1-13-12-26(7-6-22-13)19-2-3-21-11-18(19)25-10-14-8-16-17(9-15(14)20)24-5-4-23-16/h2,4-5,8-9,11,13,21-22,25H,3,6-7,10,12H2,1H3. The Morgan fingerprint density at radius 1 is 1.27 bits per heavy atom. The Hall–Kier alpha value is -2.31. The van der Waals surface area contributed by atoms with Crippen LogP contribution in [0.15, 0.2) is 48.2 Å². The second kappa shape index (κ2) is 7.51. The maximum Gasteiger partial charge on any atom is 0.0901 e. The van der Waals surface area contributed by atoms with Crippen LogP contribution in [0.2, 0.25) is 5.02 Å². The zero-order valence-corrected chi connectivity index (χ0v) is 15.6. The normalized spacial score (nSPS) is 20.4. The lowest BCUT2D eigenvalue weighted by molar-refractivity contribution is 0.256. The van der Waals surface area contributed by atoms with Gasteiger partial charge in [0.15, 0.2) is 0 Å². The molecular formula is C19H23ClN6. The Bertz CT molecular complexity index is 862. The van der Waals surface area contributed by atoms with Crippen LogP contribution in [0.5, 0.6) is 0 Å². The molecule has 3 N–H and O–H groups in total. The van der Waals surface area contributed by atoms with E-state index in [0.717, 1.165) is 48.5 Å². The van der Waals surface area contributed by atoms with Crippen LogP contribution >= 0.6 is 11.6 Å². The first-order valence-corrected chi connectivity index (χ1v) is 9.34. The first kappa shape index (κ1) is 17.1. The van der Waals surface area contributed by atoms with Gasteiger partial charge in [0.05, 0.1) is 22.4 Å². The summed E-state index contributed by atoms with van der Waals surface area (Å²) in [5.74, 6) is 0. The third-order valence-electron chi connectivity index (χ3n) is 4.75. The fraction of sp³-hybridized carbons (Fsp3) is 0.368. The molecule has 4 rings (SSSR count). The molecule has 1 saturated heterocycles. The van der Waals surface area contributed by atoms with Gasteiger partial charge in [-0.25, -0.2) is 0 Å². The van der Waals surface area contributed by atoms with E-state index in [1.807, 2.05) is 12.1 Å². The Morgan fingerprint density at radius 3 is 2.88 bits per heavy atom. The molecule has 1 unspecified atom stereocenters. The summed E-state index contributed by atoms with van der Waals surface area (Å²) in [6, 6.07) is 4.38. The van der Waals surface area contributed by atoms with Gasteiger partial charge in [-0.05, 0) is 30.7 Å². The molecule has 0 amide bonds.